The molecule has 0 atom stereocenters. The van der Waals surface area contributed by atoms with Crippen molar-refractivity contribution in [3.63, 3.8) is 0 Å². The summed E-state index contributed by atoms with van der Waals surface area (Å²) in [5, 5.41) is 7.37. The molecule has 0 spiro atoms. The molecule has 0 saturated carbocycles. The Morgan fingerprint density at radius 2 is 1.25 bits per heavy atom. The third-order valence-corrected chi connectivity index (χ3v) is 2.49. The predicted octanol–water partition coefficient (Wildman–Crippen LogP) is 3.62. The maximum Gasteiger partial charge on any atom is 0.245 e. The lowest BCUT2D eigenvalue weighted by Gasteiger charge is -2.10. The fourth-order valence-corrected chi connectivity index (χ4v) is 1.46. The van der Waals surface area contributed by atoms with Crippen LogP contribution in [0, 0.1) is 29.1 Å². The van der Waals surface area contributed by atoms with Crippen LogP contribution in [0.4, 0.5) is 33.5 Å². The van der Waals surface area contributed by atoms with E-state index in [1.807, 2.05) is 5.32 Å². The number of benzene rings is 1. The lowest BCUT2D eigenvalue weighted by molar-refractivity contribution is 0.382. The summed E-state index contributed by atoms with van der Waals surface area (Å²) in [5.41, 5.74) is -1.33. The van der Waals surface area contributed by atoms with Gasteiger partial charge in [-0.1, -0.05) is 11.6 Å². The van der Waals surface area contributed by atoms with Crippen LogP contribution in [0.1, 0.15) is 0 Å². The SMILES string of the molecule is Fc1c(F)c(F)c(Nc2nc(Cl)nnc2Cl)c(F)c1F. The number of nitrogens with one attached hydrogen (secondary N) is 1. The van der Waals surface area contributed by atoms with E-state index in [1.54, 1.807) is 0 Å². The molecular formula is C9HCl2F5N4. The van der Waals surface area contributed by atoms with E-state index in [0.29, 0.717) is 0 Å². The van der Waals surface area contributed by atoms with Gasteiger partial charge < -0.3 is 5.32 Å². The third kappa shape index (κ3) is 2.46. The molecule has 2 rings (SSSR count). The minimum Gasteiger partial charge on any atom is -0.333 e. The van der Waals surface area contributed by atoms with E-state index in [4.69, 9.17) is 23.2 Å². The zero-order chi connectivity index (χ0) is 15.0. The Balaban J connectivity index is 2.57. The molecule has 0 bridgehead atoms. The van der Waals surface area contributed by atoms with Crippen LogP contribution in [0.2, 0.25) is 10.4 Å². The molecule has 106 valence electrons. The van der Waals surface area contributed by atoms with Crippen LogP contribution in [-0.4, -0.2) is 15.2 Å². The van der Waals surface area contributed by atoms with Gasteiger partial charge in [0.15, 0.2) is 34.2 Å². The Hall–Kier alpha value is -1.74. The monoisotopic (exact) mass is 330 g/mol. The highest BCUT2D eigenvalue weighted by Gasteiger charge is 2.26. The molecule has 4 nitrogen and oxygen atoms in total. The van der Waals surface area contributed by atoms with Crippen molar-refractivity contribution in [1.82, 2.24) is 15.2 Å². The van der Waals surface area contributed by atoms with Crippen LogP contribution in [0.15, 0.2) is 0 Å². The lowest BCUT2D eigenvalue weighted by atomic mass is 10.2. The normalized spacial score (nSPS) is 10.8. The Bertz CT molecular complexity index is 668. The van der Waals surface area contributed by atoms with Gasteiger partial charge in [-0.15, -0.1) is 10.2 Å². The van der Waals surface area contributed by atoms with Gasteiger partial charge >= 0.3 is 0 Å². The van der Waals surface area contributed by atoms with Gasteiger partial charge in [0.2, 0.25) is 11.1 Å². The van der Waals surface area contributed by atoms with E-state index >= 15 is 0 Å². The maximum absolute atomic E-state index is 13.4. The summed E-state index contributed by atoms with van der Waals surface area (Å²) in [6.45, 7) is 0. The molecule has 0 unspecified atom stereocenters. The molecule has 0 saturated heterocycles. The summed E-state index contributed by atoms with van der Waals surface area (Å²) in [6.07, 6.45) is 0. The van der Waals surface area contributed by atoms with Crippen molar-refractivity contribution in [3.05, 3.63) is 39.5 Å². The summed E-state index contributed by atoms with van der Waals surface area (Å²) in [6, 6.07) is 0. The first-order chi connectivity index (χ1) is 9.32. The quantitative estimate of drug-likeness (QED) is 0.519. The highest BCUT2D eigenvalue weighted by molar-refractivity contribution is 6.32. The molecule has 20 heavy (non-hydrogen) atoms. The molecule has 2 aromatic rings. The summed E-state index contributed by atoms with van der Waals surface area (Å²) in [5.74, 6) is -11.2. The number of halogens is 7. The van der Waals surface area contributed by atoms with E-state index < -0.39 is 51.0 Å². The number of rotatable bonds is 2. The number of hydrogen-bond donors (Lipinski definition) is 1. The molecule has 0 aliphatic carbocycles. The van der Waals surface area contributed by atoms with Crippen LogP contribution < -0.4 is 5.32 Å². The zero-order valence-electron chi connectivity index (χ0n) is 8.99. The Labute approximate surface area is 117 Å². The minimum atomic E-state index is -2.28. The second kappa shape index (κ2) is 5.33. The van der Waals surface area contributed by atoms with E-state index in [2.05, 4.69) is 15.2 Å². The van der Waals surface area contributed by atoms with Gasteiger partial charge in [0.1, 0.15) is 5.69 Å². The second-order valence-corrected chi connectivity index (χ2v) is 3.99. The van der Waals surface area contributed by atoms with E-state index in [9.17, 15) is 22.0 Å². The highest BCUT2D eigenvalue weighted by Crippen LogP contribution is 2.30. The van der Waals surface area contributed by atoms with Gasteiger partial charge in [-0.25, -0.2) is 22.0 Å². The number of aromatic nitrogens is 3. The first kappa shape index (κ1) is 14.7. The van der Waals surface area contributed by atoms with E-state index in [-0.39, 0.29) is 0 Å². The largest absolute Gasteiger partial charge is 0.333 e. The molecule has 0 fully saturated rings. The molecule has 1 aromatic heterocycles. The molecule has 1 heterocycles. The second-order valence-electron chi connectivity index (χ2n) is 3.29. The van der Waals surface area contributed by atoms with Crippen molar-refractivity contribution >= 4 is 34.7 Å². The molecule has 0 amide bonds. The van der Waals surface area contributed by atoms with E-state index in [0.717, 1.165) is 0 Å². The summed E-state index contributed by atoms with van der Waals surface area (Å²) in [4.78, 5) is 3.41. The molecule has 0 aliphatic heterocycles. The smallest absolute Gasteiger partial charge is 0.245 e. The van der Waals surface area contributed by atoms with Gasteiger partial charge in [-0.2, -0.15) is 4.98 Å². The van der Waals surface area contributed by atoms with Gasteiger partial charge in [0.25, 0.3) is 0 Å². The lowest BCUT2D eigenvalue weighted by Crippen LogP contribution is -2.08. The fourth-order valence-electron chi connectivity index (χ4n) is 1.21. The highest BCUT2D eigenvalue weighted by atomic mass is 35.5. The number of anilines is 2. The van der Waals surface area contributed by atoms with Crippen LogP contribution in [0.5, 0.6) is 0 Å². The van der Waals surface area contributed by atoms with Crippen molar-refractivity contribution in [2.45, 2.75) is 0 Å². The molecular weight excluding hydrogens is 330 g/mol. The van der Waals surface area contributed by atoms with Crippen molar-refractivity contribution in [2.75, 3.05) is 5.32 Å². The fraction of sp³-hybridized carbons (Fsp3) is 0. The molecule has 0 radical (unpaired) electrons. The van der Waals surface area contributed by atoms with Crippen molar-refractivity contribution in [2.24, 2.45) is 0 Å². The molecule has 1 aromatic carbocycles. The molecule has 0 aliphatic rings. The third-order valence-electron chi connectivity index (χ3n) is 2.07. The first-order valence-electron chi connectivity index (χ1n) is 4.67. The van der Waals surface area contributed by atoms with Crippen LogP contribution >= 0.6 is 23.2 Å². The van der Waals surface area contributed by atoms with Gasteiger partial charge in [0, 0.05) is 0 Å². The van der Waals surface area contributed by atoms with Crippen molar-refractivity contribution in [1.29, 1.82) is 0 Å². The Morgan fingerprint density at radius 3 is 1.80 bits per heavy atom. The van der Waals surface area contributed by atoms with Gasteiger partial charge in [-0.05, 0) is 11.6 Å². The summed E-state index contributed by atoms with van der Waals surface area (Å²) in [7, 11) is 0. The summed E-state index contributed by atoms with van der Waals surface area (Å²) < 4.78 is 65.6. The number of hydrogen-bond acceptors (Lipinski definition) is 4. The Kier molecular flexibility index (Phi) is 3.91. The molecule has 1 N–H and O–H groups in total. The van der Waals surface area contributed by atoms with E-state index in [1.165, 1.54) is 0 Å². The zero-order valence-corrected chi connectivity index (χ0v) is 10.5. The van der Waals surface area contributed by atoms with Crippen LogP contribution in [0.25, 0.3) is 0 Å². The van der Waals surface area contributed by atoms with Gasteiger partial charge in [-0.3, -0.25) is 0 Å². The first-order valence-corrected chi connectivity index (χ1v) is 5.42. The molecule has 11 heteroatoms. The average molecular weight is 331 g/mol. The topological polar surface area (TPSA) is 50.7 Å². The van der Waals surface area contributed by atoms with Crippen LogP contribution in [0.3, 0.4) is 0 Å². The standard InChI is InChI=1S/C9HCl2F5N4/c10-7-8(18-9(11)20-19-7)17-6-4(15)2(13)1(12)3(14)5(6)16/h(H,17,18,20). The summed E-state index contributed by atoms with van der Waals surface area (Å²) >= 11 is 10.9. The number of nitrogens with zero attached hydrogens (tertiary/aromatic N) is 3. The van der Waals surface area contributed by atoms with Crippen molar-refractivity contribution in [3.8, 4) is 0 Å². The average Bonchev–Trinajstić information content (AvgIpc) is 2.43. The van der Waals surface area contributed by atoms with Crippen LogP contribution in [-0.2, 0) is 0 Å². The van der Waals surface area contributed by atoms with Gasteiger partial charge in [0.05, 0.1) is 0 Å². The van der Waals surface area contributed by atoms with Crippen molar-refractivity contribution < 1.29 is 22.0 Å². The maximum atomic E-state index is 13.4. The minimum absolute atomic E-state index is 0.444. The predicted molar refractivity (Wildman–Crippen MR) is 59.4 cm³/mol. The Morgan fingerprint density at radius 1 is 0.750 bits per heavy atom.